The quantitative estimate of drug-likeness (QED) is 0.734. The zero-order chi connectivity index (χ0) is 12.1. The summed E-state index contributed by atoms with van der Waals surface area (Å²) < 4.78 is 0. The van der Waals surface area contributed by atoms with Gasteiger partial charge in [0, 0.05) is 0 Å². The Morgan fingerprint density at radius 1 is 1.06 bits per heavy atom. The van der Waals surface area contributed by atoms with Gasteiger partial charge in [-0.25, -0.2) is 0 Å². The molecule has 0 saturated heterocycles. The second-order valence-corrected chi connectivity index (χ2v) is 5.92. The predicted octanol–water partition coefficient (Wildman–Crippen LogP) is 2.97. The van der Waals surface area contributed by atoms with E-state index in [0.29, 0.717) is 5.92 Å². The number of aliphatic hydroxyl groups is 2. The zero-order valence-electron chi connectivity index (χ0n) is 11.0. The van der Waals surface area contributed by atoms with Crippen molar-refractivity contribution in [1.82, 2.24) is 0 Å². The third-order valence-corrected chi connectivity index (χ3v) is 4.10. The number of aliphatic hydroxyl groups excluding tert-OH is 2. The molecule has 0 aliphatic heterocycles. The van der Waals surface area contributed by atoms with Crippen molar-refractivity contribution in [1.29, 1.82) is 0 Å². The molecule has 1 rings (SSSR count). The predicted molar refractivity (Wildman–Crippen MR) is 67.2 cm³/mol. The molecule has 1 aliphatic carbocycles. The Morgan fingerprint density at radius 3 is 2.06 bits per heavy atom. The molecule has 0 aromatic rings. The molecule has 1 fully saturated rings. The van der Waals surface area contributed by atoms with E-state index in [4.69, 9.17) is 0 Å². The highest BCUT2D eigenvalue weighted by molar-refractivity contribution is 4.76. The van der Waals surface area contributed by atoms with E-state index in [1.165, 1.54) is 25.7 Å². The number of hydrogen-bond acceptors (Lipinski definition) is 2. The van der Waals surface area contributed by atoms with Gasteiger partial charge in [0.2, 0.25) is 0 Å². The lowest BCUT2D eigenvalue weighted by Gasteiger charge is -2.27. The van der Waals surface area contributed by atoms with E-state index in [-0.39, 0.29) is 18.1 Å². The van der Waals surface area contributed by atoms with Gasteiger partial charge in [-0.3, -0.25) is 0 Å². The third kappa shape index (κ3) is 4.42. The standard InChI is InChI=1S/C14H28O2/c1-10(2)14(11(3)15)9-13(16)8-12-6-4-5-7-12/h10-16H,4-9H2,1-3H3. The summed E-state index contributed by atoms with van der Waals surface area (Å²) in [6, 6.07) is 0. The Bertz CT molecular complexity index is 175. The first kappa shape index (κ1) is 14.0. The van der Waals surface area contributed by atoms with Crippen molar-refractivity contribution < 1.29 is 10.2 Å². The van der Waals surface area contributed by atoms with Gasteiger partial charge < -0.3 is 10.2 Å². The lowest BCUT2D eigenvalue weighted by Crippen LogP contribution is -2.27. The molecule has 0 aromatic carbocycles. The molecule has 16 heavy (non-hydrogen) atoms. The Morgan fingerprint density at radius 2 is 1.62 bits per heavy atom. The van der Waals surface area contributed by atoms with E-state index in [2.05, 4.69) is 13.8 Å². The fraction of sp³-hybridized carbons (Fsp3) is 1.00. The molecule has 3 unspecified atom stereocenters. The molecular formula is C14H28O2. The lowest BCUT2D eigenvalue weighted by molar-refractivity contribution is 0.0403. The van der Waals surface area contributed by atoms with Crippen LogP contribution in [-0.2, 0) is 0 Å². The Hall–Kier alpha value is -0.0800. The van der Waals surface area contributed by atoms with Crippen LogP contribution >= 0.6 is 0 Å². The summed E-state index contributed by atoms with van der Waals surface area (Å²) in [6.07, 6.45) is 6.42. The monoisotopic (exact) mass is 228 g/mol. The molecule has 0 radical (unpaired) electrons. The van der Waals surface area contributed by atoms with Gasteiger partial charge in [-0.1, -0.05) is 39.5 Å². The molecule has 0 spiro atoms. The van der Waals surface area contributed by atoms with Crippen LogP contribution < -0.4 is 0 Å². The summed E-state index contributed by atoms with van der Waals surface area (Å²) in [6.45, 7) is 6.09. The first-order valence-electron chi connectivity index (χ1n) is 6.86. The second-order valence-electron chi connectivity index (χ2n) is 5.92. The van der Waals surface area contributed by atoms with Crippen molar-refractivity contribution in [3.05, 3.63) is 0 Å². The van der Waals surface area contributed by atoms with Gasteiger partial charge in [0.25, 0.3) is 0 Å². The minimum absolute atomic E-state index is 0.218. The van der Waals surface area contributed by atoms with Crippen molar-refractivity contribution in [2.45, 2.75) is 71.5 Å². The molecule has 3 atom stereocenters. The van der Waals surface area contributed by atoms with E-state index in [1.54, 1.807) is 0 Å². The minimum Gasteiger partial charge on any atom is -0.393 e. The third-order valence-electron chi connectivity index (χ3n) is 4.10. The van der Waals surface area contributed by atoms with E-state index in [1.807, 2.05) is 6.92 Å². The van der Waals surface area contributed by atoms with Crippen LogP contribution in [0.1, 0.15) is 59.3 Å². The van der Waals surface area contributed by atoms with E-state index < -0.39 is 0 Å². The second kappa shape index (κ2) is 6.61. The van der Waals surface area contributed by atoms with Gasteiger partial charge in [-0.15, -0.1) is 0 Å². The highest BCUT2D eigenvalue weighted by Crippen LogP contribution is 2.31. The van der Waals surface area contributed by atoms with Crippen molar-refractivity contribution in [3.8, 4) is 0 Å². The largest absolute Gasteiger partial charge is 0.393 e. The minimum atomic E-state index is -0.307. The average molecular weight is 228 g/mol. The normalized spacial score (nSPS) is 23.6. The molecule has 0 amide bonds. The van der Waals surface area contributed by atoms with Gasteiger partial charge in [0.15, 0.2) is 0 Å². The summed E-state index contributed by atoms with van der Waals surface area (Å²) in [5.41, 5.74) is 0. The van der Waals surface area contributed by atoms with E-state index in [9.17, 15) is 10.2 Å². The van der Waals surface area contributed by atoms with Gasteiger partial charge >= 0.3 is 0 Å². The Balaban J connectivity index is 2.32. The highest BCUT2D eigenvalue weighted by atomic mass is 16.3. The highest BCUT2D eigenvalue weighted by Gasteiger charge is 2.25. The zero-order valence-corrected chi connectivity index (χ0v) is 11.0. The topological polar surface area (TPSA) is 40.5 Å². The lowest BCUT2D eigenvalue weighted by atomic mass is 9.84. The van der Waals surface area contributed by atoms with Crippen LogP contribution in [0.2, 0.25) is 0 Å². The van der Waals surface area contributed by atoms with Crippen molar-refractivity contribution >= 4 is 0 Å². The maximum absolute atomic E-state index is 10.1. The molecule has 96 valence electrons. The molecular weight excluding hydrogens is 200 g/mol. The number of hydrogen-bond donors (Lipinski definition) is 2. The van der Waals surface area contributed by atoms with Gasteiger partial charge in [-0.2, -0.15) is 0 Å². The van der Waals surface area contributed by atoms with Crippen LogP contribution in [-0.4, -0.2) is 22.4 Å². The maximum Gasteiger partial charge on any atom is 0.0546 e. The summed E-state index contributed by atoms with van der Waals surface area (Å²) >= 11 is 0. The molecule has 2 heteroatoms. The van der Waals surface area contributed by atoms with Crippen molar-refractivity contribution in [2.24, 2.45) is 17.8 Å². The van der Waals surface area contributed by atoms with Crippen LogP contribution in [0.25, 0.3) is 0 Å². The smallest absolute Gasteiger partial charge is 0.0546 e. The molecule has 0 bridgehead atoms. The van der Waals surface area contributed by atoms with Crippen molar-refractivity contribution in [2.75, 3.05) is 0 Å². The van der Waals surface area contributed by atoms with Crippen LogP contribution in [0.5, 0.6) is 0 Å². The van der Waals surface area contributed by atoms with Crippen LogP contribution in [0, 0.1) is 17.8 Å². The van der Waals surface area contributed by atoms with Crippen LogP contribution in [0.3, 0.4) is 0 Å². The van der Waals surface area contributed by atoms with Crippen LogP contribution in [0.4, 0.5) is 0 Å². The molecule has 0 aromatic heterocycles. The van der Waals surface area contributed by atoms with Gasteiger partial charge in [0.05, 0.1) is 12.2 Å². The Labute approximate surface area is 100 Å². The fourth-order valence-electron chi connectivity index (χ4n) is 3.07. The molecule has 0 heterocycles. The summed E-state index contributed by atoms with van der Waals surface area (Å²) in [7, 11) is 0. The van der Waals surface area contributed by atoms with E-state index >= 15 is 0 Å². The maximum atomic E-state index is 10.1. The van der Waals surface area contributed by atoms with Gasteiger partial charge in [0.1, 0.15) is 0 Å². The summed E-state index contributed by atoms with van der Waals surface area (Å²) in [5, 5.41) is 19.7. The average Bonchev–Trinajstić information content (AvgIpc) is 2.65. The number of rotatable bonds is 6. The molecule has 2 N–H and O–H groups in total. The molecule has 2 nitrogen and oxygen atoms in total. The van der Waals surface area contributed by atoms with Crippen molar-refractivity contribution in [3.63, 3.8) is 0 Å². The SMILES string of the molecule is CC(C)C(CC(O)CC1CCCC1)C(C)O. The van der Waals surface area contributed by atoms with E-state index in [0.717, 1.165) is 18.8 Å². The summed E-state index contributed by atoms with van der Waals surface area (Å²) in [4.78, 5) is 0. The molecule has 1 saturated carbocycles. The molecule has 1 aliphatic rings. The summed E-state index contributed by atoms with van der Waals surface area (Å²) in [5.74, 6) is 1.41. The Kier molecular flexibility index (Phi) is 5.77. The first-order chi connectivity index (χ1) is 7.50. The fourth-order valence-corrected chi connectivity index (χ4v) is 3.07. The van der Waals surface area contributed by atoms with Gasteiger partial charge in [-0.05, 0) is 37.5 Å². The first-order valence-corrected chi connectivity index (χ1v) is 6.86. The van der Waals surface area contributed by atoms with Crippen LogP contribution in [0.15, 0.2) is 0 Å².